The maximum Gasteiger partial charge on any atom is 0.106 e. The zero-order valence-corrected chi connectivity index (χ0v) is 6.81. The summed E-state index contributed by atoms with van der Waals surface area (Å²) in [5.74, 6) is 1.08. The SMILES string of the molecule is C.CC(C)(C)Cc1ncc[nH]1. The van der Waals surface area contributed by atoms with Crippen molar-refractivity contribution in [2.24, 2.45) is 5.41 Å². The third-order valence-corrected chi connectivity index (χ3v) is 1.25. The lowest BCUT2D eigenvalue weighted by molar-refractivity contribution is 0.402. The number of rotatable bonds is 1. The van der Waals surface area contributed by atoms with E-state index in [9.17, 15) is 0 Å². The van der Waals surface area contributed by atoms with E-state index >= 15 is 0 Å². The van der Waals surface area contributed by atoms with Gasteiger partial charge in [0.05, 0.1) is 0 Å². The van der Waals surface area contributed by atoms with Gasteiger partial charge >= 0.3 is 0 Å². The molecule has 11 heavy (non-hydrogen) atoms. The van der Waals surface area contributed by atoms with Gasteiger partial charge in [-0.05, 0) is 5.41 Å². The highest BCUT2D eigenvalue weighted by Crippen LogP contribution is 2.17. The van der Waals surface area contributed by atoms with Gasteiger partial charge < -0.3 is 4.98 Å². The summed E-state index contributed by atoms with van der Waals surface area (Å²) in [6.45, 7) is 6.61. The van der Waals surface area contributed by atoms with Gasteiger partial charge in [0.1, 0.15) is 5.82 Å². The van der Waals surface area contributed by atoms with Crippen molar-refractivity contribution in [3.05, 3.63) is 18.2 Å². The van der Waals surface area contributed by atoms with Crippen LogP contribution in [0.2, 0.25) is 0 Å². The number of H-pyrrole nitrogens is 1. The van der Waals surface area contributed by atoms with E-state index in [2.05, 4.69) is 30.7 Å². The Labute approximate surface area is 69.1 Å². The second kappa shape index (κ2) is 3.56. The van der Waals surface area contributed by atoms with E-state index in [0.717, 1.165) is 12.2 Å². The summed E-state index contributed by atoms with van der Waals surface area (Å²) in [6.07, 6.45) is 4.67. The molecule has 0 unspecified atom stereocenters. The van der Waals surface area contributed by atoms with Crippen molar-refractivity contribution < 1.29 is 0 Å². The van der Waals surface area contributed by atoms with E-state index in [1.807, 2.05) is 6.20 Å². The first-order chi connectivity index (χ1) is 4.58. The number of aromatic amines is 1. The van der Waals surface area contributed by atoms with E-state index in [4.69, 9.17) is 0 Å². The van der Waals surface area contributed by atoms with Crippen molar-refractivity contribution >= 4 is 0 Å². The molecule has 0 atom stereocenters. The molecule has 1 aromatic rings. The van der Waals surface area contributed by atoms with Gasteiger partial charge in [0, 0.05) is 18.8 Å². The van der Waals surface area contributed by atoms with Gasteiger partial charge in [0.2, 0.25) is 0 Å². The largest absolute Gasteiger partial charge is 0.349 e. The van der Waals surface area contributed by atoms with Crippen LogP contribution < -0.4 is 0 Å². The van der Waals surface area contributed by atoms with Crippen LogP contribution in [-0.2, 0) is 6.42 Å². The number of aromatic nitrogens is 2. The summed E-state index contributed by atoms with van der Waals surface area (Å²) >= 11 is 0. The minimum Gasteiger partial charge on any atom is -0.349 e. The van der Waals surface area contributed by atoms with Gasteiger partial charge in [0.15, 0.2) is 0 Å². The quantitative estimate of drug-likeness (QED) is 0.662. The summed E-state index contributed by atoms with van der Waals surface area (Å²) in [7, 11) is 0. The van der Waals surface area contributed by atoms with Crippen LogP contribution in [0.15, 0.2) is 12.4 Å². The van der Waals surface area contributed by atoms with E-state index in [1.54, 1.807) is 6.20 Å². The molecular weight excluding hydrogens is 136 g/mol. The number of hydrogen-bond acceptors (Lipinski definition) is 1. The predicted molar refractivity (Wildman–Crippen MR) is 48.5 cm³/mol. The van der Waals surface area contributed by atoms with Crippen LogP contribution in [0.1, 0.15) is 34.0 Å². The fourth-order valence-electron chi connectivity index (χ4n) is 0.897. The van der Waals surface area contributed by atoms with Crippen LogP contribution in [0, 0.1) is 5.41 Å². The van der Waals surface area contributed by atoms with Crippen LogP contribution in [0.5, 0.6) is 0 Å². The normalized spacial score (nSPS) is 10.8. The van der Waals surface area contributed by atoms with Gasteiger partial charge in [-0.1, -0.05) is 28.2 Å². The molecule has 0 saturated carbocycles. The second-order valence-corrected chi connectivity index (χ2v) is 3.77. The molecule has 0 radical (unpaired) electrons. The standard InChI is InChI=1S/C8H14N2.CH4/c1-8(2,3)6-7-9-4-5-10-7;/h4-5H,6H2,1-3H3,(H,9,10);1H4. The van der Waals surface area contributed by atoms with Crippen LogP contribution in [0.25, 0.3) is 0 Å². The summed E-state index contributed by atoms with van der Waals surface area (Å²) in [5, 5.41) is 0. The van der Waals surface area contributed by atoms with Crippen molar-refractivity contribution in [2.45, 2.75) is 34.6 Å². The molecule has 1 N–H and O–H groups in total. The Bertz CT molecular complexity index is 182. The minimum atomic E-state index is 0. The number of nitrogens with zero attached hydrogens (tertiary/aromatic N) is 1. The Balaban J connectivity index is 0.000001000. The van der Waals surface area contributed by atoms with Crippen molar-refractivity contribution in [3.63, 3.8) is 0 Å². The highest BCUT2D eigenvalue weighted by atomic mass is 14.9. The Morgan fingerprint density at radius 3 is 2.45 bits per heavy atom. The second-order valence-electron chi connectivity index (χ2n) is 3.77. The third-order valence-electron chi connectivity index (χ3n) is 1.25. The lowest BCUT2D eigenvalue weighted by atomic mass is 9.92. The van der Waals surface area contributed by atoms with Crippen molar-refractivity contribution in [1.29, 1.82) is 0 Å². The fourth-order valence-corrected chi connectivity index (χ4v) is 0.897. The van der Waals surface area contributed by atoms with E-state index in [-0.39, 0.29) is 7.43 Å². The molecule has 1 aromatic heterocycles. The molecule has 0 aliphatic carbocycles. The van der Waals surface area contributed by atoms with Crippen LogP contribution in [-0.4, -0.2) is 9.97 Å². The summed E-state index contributed by atoms with van der Waals surface area (Å²) in [5.41, 5.74) is 0.331. The summed E-state index contributed by atoms with van der Waals surface area (Å²) in [4.78, 5) is 7.23. The monoisotopic (exact) mass is 154 g/mol. The van der Waals surface area contributed by atoms with E-state index in [1.165, 1.54) is 0 Å². The Hall–Kier alpha value is -0.790. The summed E-state index contributed by atoms with van der Waals surface area (Å²) < 4.78 is 0. The Morgan fingerprint density at radius 2 is 2.09 bits per heavy atom. The van der Waals surface area contributed by atoms with Gasteiger partial charge in [-0.15, -0.1) is 0 Å². The minimum absolute atomic E-state index is 0. The lowest BCUT2D eigenvalue weighted by Gasteiger charge is -2.15. The Morgan fingerprint density at radius 1 is 1.45 bits per heavy atom. The maximum absolute atomic E-state index is 4.15. The number of imidazole rings is 1. The smallest absolute Gasteiger partial charge is 0.106 e. The molecule has 0 saturated heterocycles. The average molecular weight is 154 g/mol. The van der Waals surface area contributed by atoms with Gasteiger partial charge in [-0.2, -0.15) is 0 Å². The molecule has 64 valence electrons. The lowest BCUT2D eigenvalue weighted by Crippen LogP contribution is -2.10. The molecule has 1 heterocycles. The van der Waals surface area contributed by atoms with Crippen molar-refractivity contribution in [3.8, 4) is 0 Å². The molecule has 0 aliphatic heterocycles. The molecule has 2 nitrogen and oxygen atoms in total. The van der Waals surface area contributed by atoms with E-state index in [0.29, 0.717) is 5.41 Å². The number of nitrogens with one attached hydrogen (secondary N) is 1. The molecule has 0 spiro atoms. The highest BCUT2D eigenvalue weighted by Gasteiger charge is 2.11. The molecule has 1 rings (SSSR count). The predicted octanol–water partition coefficient (Wildman–Crippen LogP) is 2.63. The average Bonchev–Trinajstić information content (AvgIpc) is 2.12. The summed E-state index contributed by atoms with van der Waals surface area (Å²) in [6, 6.07) is 0. The molecule has 0 fully saturated rings. The van der Waals surface area contributed by atoms with Crippen LogP contribution >= 0.6 is 0 Å². The van der Waals surface area contributed by atoms with Crippen molar-refractivity contribution in [1.82, 2.24) is 9.97 Å². The van der Waals surface area contributed by atoms with Crippen molar-refractivity contribution in [2.75, 3.05) is 0 Å². The van der Waals surface area contributed by atoms with Gasteiger partial charge in [-0.25, -0.2) is 4.98 Å². The zero-order valence-electron chi connectivity index (χ0n) is 6.81. The zero-order chi connectivity index (χ0) is 7.61. The first kappa shape index (κ1) is 10.2. The first-order valence-electron chi connectivity index (χ1n) is 3.56. The van der Waals surface area contributed by atoms with Crippen LogP contribution in [0.4, 0.5) is 0 Å². The fraction of sp³-hybridized carbons (Fsp3) is 0.667. The van der Waals surface area contributed by atoms with Gasteiger partial charge in [-0.3, -0.25) is 0 Å². The number of hydrogen-bond donors (Lipinski definition) is 1. The Kier molecular flexibility index (Phi) is 3.30. The molecule has 0 aromatic carbocycles. The van der Waals surface area contributed by atoms with Crippen LogP contribution in [0.3, 0.4) is 0 Å². The van der Waals surface area contributed by atoms with Gasteiger partial charge in [0.25, 0.3) is 0 Å². The highest BCUT2D eigenvalue weighted by molar-refractivity contribution is 4.90. The maximum atomic E-state index is 4.15. The molecule has 2 heteroatoms. The third kappa shape index (κ3) is 3.81. The van der Waals surface area contributed by atoms with E-state index < -0.39 is 0 Å². The molecular formula is C9H18N2. The first-order valence-corrected chi connectivity index (χ1v) is 3.56. The molecule has 0 bridgehead atoms. The topological polar surface area (TPSA) is 28.7 Å². The molecule has 0 aliphatic rings. The molecule has 0 amide bonds.